The first-order valence-electron chi connectivity index (χ1n) is 6.79. The van der Waals surface area contributed by atoms with E-state index < -0.39 is 0 Å². The summed E-state index contributed by atoms with van der Waals surface area (Å²) in [5, 5.41) is 6.40. The van der Waals surface area contributed by atoms with Crippen LogP contribution in [0.1, 0.15) is 47.0 Å². The third-order valence-corrected chi connectivity index (χ3v) is 4.05. The van der Waals surface area contributed by atoms with Crippen LogP contribution >= 0.6 is 0 Å². The molecular weight excluding hydrogens is 212 g/mol. The fourth-order valence-electron chi connectivity index (χ4n) is 3.74. The van der Waals surface area contributed by atoms with Crippen molar-refractivity contribution in [3.8, 4) is 0 Å². The molecule has 0 aromatic heterocycles. The Hall–Kier alpha value is -0.570. The maximum absolute atomic E-state index is 12.0. The Bertz CT molecular complexity index is 289. The van der Waals surface area contributed by atoms with Gasteiger partial charge in [-0.2, -0.15) is 0 Å². The van der Waals surface area contributed by atoms with Gasteiger partial charge in [0.1, 0.15) is 0 Å². The normalized spacial score (nSPS) is 28.5. The van der Waals surface area contributed by atoms with Crippen LogP contribution in [0.15, 0.2) is 0 Å². The summed E-state index contributed by atoms with van der Waals surface area (Å²) in [4.78, 5) is 12.0. The lowest BCUT2D eigenvalue weighted by atomic mass is 9.63. The fraction of sp³-hybridized carbons (Fsp3) is 0.929. The molecule has 1 saturated carbocycles. The molecule has 3 heteroatoms. The summed E-state index contributed by atoms with van der Waals surface area (Å²) in [6.07, 6.45) is 3.47. The quantitative estimate of drug-likeness (QED) is 0.772. The van der Waals surface area contributed by atoms with Gasteiger partial charge in [-0.25, -0.2) is 0 Å². The molecule has 0 atom stereocenters. The molecule has 0 radical (unpaired) electrons. The van der Waals surface area contributed by atoms with E-state index in [0.717, 1.165) is 25.9 Å². The maximum atomic E-state index is 12.0. The van der Waals surface area contributed by atoms with Crippen molar-refractivity contribution in [1.29, 1.82) is 0 Å². The number of carbonyl (C=O) groups is 1. The van der Waals surface area contributed by atoms with Crippen LogP contribution in [0.3, 0.4) is 0 Å². The minimum Gasteiger partial charge on any atom is -0.353 e. The Kier molecular flexibility index (Phi) is 3.23. The van der Waals surface area contributed by atoms with Crippen LogP contribution in [0.25, 0.3) is 0 Å². The molecule has 1 aliphatic heterocycles. The minimum atomic E-state index is 0.211. The van der Waals surface area contributed by atoms with Crippen LogP contribution in [-0.2, 0) is 4.79 Å². The van der Waals surface area contributed by atoms with Gasteiger partial charge in [0.25, 0.3) is 0 Å². The van der Waals surface area contributed by atoms with Gasteiger partial charge in [-0.05, 0) is 30.1 Å². The number of amides is 1. The average Bonchev–Trinajstić information content (AvgIpc) is 1.91. The van der Waals surface area contributed by atoms with Crippen LogP contribution < -0.4 is 10.6 Å². The van der Waals surface area contributed by atoms with E-state index in [0.29, 0.717) is 16.9 Å². The number of nitrogens with one attached hydrogen (secondary N) is 2. The van der Waals surface area contributed by atoms with Crippen LogP contribution in [0.2, 0.25) is 0 Å². The first kappa shape index (κ1) is 12.9. The molecule has 0 aromatic carbocycles. The Morgan fingerprint density at radius 1 is 1.12 bits per heavy atom. The number of carbonyl (C=O) groups excluding carboxylic acids is 1. The molecule has 17 heavy (non-hydrogen) atoms. The lowest BCUT2D eigenvalue weighted by Gasteiger charge is -2.45. The molecule has 0 spiro atoms. The summed E-state index contributed by atoms with van der Waals surface area (Å²) in [7, 11) is 0. The molecular formula is C14H26N2O. The number of hydrogen-bond donors (Lipinski definition) is 2. The van der Waals surface area contributed by atoms with E-state index in [2.05, 4.69) is 38.3 Å². The molecule has 1 saturated heterocycles. The van der Waals surface area contributed by atoms with Crippen molar-refractivity contribution in [1.82, 2.24) is 10.6 Å². The Morgan fingerprint density at radius 2 is 1.65 bits per heavy atom. The maximum Gasteiger partial charge on any atom is 0.225 e. The smallest absolute Gasteiger partial charge is 0.225 e. The Labute approximate surface area is 105 Å². The summed E-state index contributed by atoms with van der Waals surface area (Å²) < 4.78 is 0. The lowest BCUT2D eigenvalue weighted by Crippen LogP contribution is -2.54. The lowest BCUT2D eigenvalue weighted by molar-refractivity contribution is -0.128. The molecule has 3 nitrogen and oxygen atoms in total. The van der Waals surface area contributed by atoms with Gasteiger partial charge in [-0.1, -0.05) is 27.7 Å². The van der Waals surface area contributed by atoms with Crippen LogP contribution in [0.5, 0.6) is 0 Å². The second-order valence-electron chi connectivity index (χ2n) is 7.47. The Morgan fingerprint density at radius 3 is 2.06 bits per heavy atom. The van der Waals surface area contributed by atoms with Crippen molar-refractivity contribution < 1.29 is 4.79 Å². The minimum absolute atomic E-state index is 0.211. The van der Waals surface area contributed by atoms with Crippen molar-refractivity contribution in [2.24, 2.45) is 16.7 Å². The van der Waals surface area contributed by atoms with Gasteiger partial charge in [0, 0.05) is 19.1 Å². The highest BCUT2D eigenvalue weighted by Gasteiger charge is 2.39. The van der Waals surface area contributed by atoms with Gasteiger partial charge in [-0.3, -0.25) is 4.79 Å². The summed E-state index contributed by atoms with van der Waals surface area (Å²) in [5.74, 6) is 0.463. The summed E-state index contributed by atoms with van der Waals surface area (Å²) in [6, 6.07) is 0.363. The first-order valence-corrected chi connectivity index (χ1v) is 6.79. The van der Waals surface area contributed by atoms with Gasteiger partial charge in [0.2, 0.25) is 5.91 Å². The molecule has 1 heterocycles. The molecule has 0 unspecified atom stereocenters. The monoisotopic (exact) mass is 238 g/mol. The van der Waals surface area contributed by atoms with E-state index in [-0.39, 0.29) is 11.8 Å². The fourth-order valence-corrected chi connectivity index (χ4v) is 3.74. The first-order chi connectivity index (χ1) is 7.77. The van der Waals surface area contributed by atoms with Crippen molar-refractivity contribution in [3.63, 3.8) is 0 Å². The summed E-state index contributed by atoms with van der Waals surface area (Å²) in [6.45, 7) is 11.0. The molecule has 2 aliphatic rings. The van der Waals surface area contributed by atoms with Crippen molar-refractivity contribution in [3.05, 3.63) is 0 Å². The van der Waals surface area contributed by atoms with Gasteiger partial charge < -0.3 is 10.6 Å². The number of hydrogen-bond acceptors (Lipinski definition) is 2. The second kappa shape index (κ2) is 4.27. The zero-order valence-electron chi connectivity index (χ0n) is 11.6. The molecule has 2 N–H and O–H groups in total. The largest absolute Gasteiger partial charge is 0.353 e. The van der Waals surface area contributed by atoms with Gasteiger partial charge in [-0.15, -0.1) is 0 Å². The van der Waals surface area contributed by atoms with Crippen molar-refractivity contribution in [2.75, 3.05) is 13.1 Å². The second-order valence-corrected chi connectivity index (χ2v) is 7.47. The van der Waals surface area contributed by atoms with Gasteiger partial charge in [0.15, 0.2) is 0 Å². The predicted molar refractivity (Wildman–Crippen MR) is 69.7 cm³/mol. The highest BCUT2D eigenvalue weighted by atomic mass is 16.2. The molecule has 2 rings (SSSR count). The zero-order chi connectivity index (χ0) is 12.7. The standard InChI is InChI=1S/C14H26N2O/c1-13(2)5-11(6-14(3,4)9-13)16-12(17)10-7-15-8-10/h10-11,15H,5-9H2,1-4H3,(H,16,17). The average molecular weight is 238 g/mol. The third-order valence-electron chi connectivity index (χ3n) is 4.05. The summed E-state index contributed by atoms with van der Waals surface area (Å²) in [5.41, 5.74) is 0.690. The molecule has 1 amide bonds. The molecule has 1 aliphatic carbocycles. The molecule has 0 bridgehead atoms. The van der Waals surface area contributed by atoms with E-state index in [4.69, 9.17) is 0 Å². The van der Waals surface area contributed by atoms with Crippen LogP contribution in [-0.4, -0.2) is 25.0 Å². The van der Waals surface area contributed by atoms with Gasteiger partial charge >= 0.3 is 0 Å². The SMILES string of the molecule is CC1(C)CC(NC(=O)C2CNC2)CC(C)(C)C1. The van der Waals surface area contributed by atoms with E-state index in [1.165, 1.54) is 6.42 Å². The van der Waals surface area contributed by atoms with Gasteiger partial charge in [0.05, 0.1) is 5.92 Å². The third kappa shape index (κ3) is 3.21. The zero-order valence-corrected chi connectivity index (χ0v) is 11.6. The molecule has 98 valence electrons. The van der Waals surface area contributed by atoms with Crippen LogP contribution in [0, 0.1) is 16.7 Å². The molecule has 0 aromatic rings. The Balaban J connectivity index is 1.93. The highest BCUT2D eigenvalue weighted by Crippen LogP contribution is 2.45. The van der Waals surface area contributed by atoms with E-state index in [1.807, 2.05) is 0 Å². The number of rotatable bonds is 2. The van der Waals surface area contributed by atoms with E-state index in [9.17, 15) is 4.79 Å². The van der Waals surface area contributed by atoms with Crippen molar-refractivity contribution in [2.45, 2.75) is 53.0 Å². The summed E-state index contributed by atoms with van der Waals surface area (Å²) >= 11 is 0. The van der Waals surface area contributed by atoms with E-state index in [1.54, 1.807) is 0 Å². The highest BCUT2D eigenvalue weighted by molar-refractivity contribution is 5.80. The molecule has 2 fully saturated rings. The van der Waals surface area contributed by atoms with Crippen molar-refractivity contribution >= 4 is 5.91 Å². The predicted octanol–water partition coefficient (Wildman–Crippen LogP) is 1.93. The van der Waals surface area contributed by atoms with E-state index >= 15 is 0 Å². The van der Waals surface area contributed by atoms with Crippen LogP contribution in [0.4, 0.5) is 0 Å². The topological polar surface area (TPSA) is 41.1 Å².